The van der Waals surface area contributed by atoms with Crippen LogP contribution < -0.4 is 10.6 Å². The summed E-state index contributed by atoms with van der Waals surface area (Å²) in [6.45, 7) is 0.366. The molecule has 29 heavy (non-hydrogen) atoms. The number of aromatic nitrogens is 1. The van der Waals surface area contributed by atoms with E-state index in [1.165, 1.54) is 19.3 Å². The van der Waals surface area contributed by atoms with Crippen molar-refractivity contribution >= 4 is 17.5 Å². The fourth-order valence-electron chi connectivity index (χ4n) is 6.21. The topological polar surface area (TPSA) is 71.1 Å². The van der Waals surface area contributed by atoms with Crippen LogP contribution in [0.15, 0.2) is 48.8 Å². The molecule has 2 aromatic rings. The lowest BCUT2D eigenvalue weighted by Gasteiger charge is -2.55. The number of amides is 2. The van der Waals surface area contributed by atoms with Crippen LogP contribution in [0, 0.1) is 23.2 Å². The Morgan fingerprint density at radius 3 is 2.31 bits per heavy atom. The Hall–Kier alpha value is -2.69. The molecule has 1 heterocycles. The number of carbonyl (C=O) groups excluding carboxylic acids is 2. The third-order valence-electron chi connectivity index (χ3n) is 7.15. The van der Waals surface area contributed by atoms with E-state index < -0.39 is 0 Å². The minimum Gasteiger partial charge on any atom is -0.348 e. The highest BCUT2D eigenvalue weighted by atomic mass is 16.2. The van der Waals surface area contributed by atoms with E-state index in [2.05, 4.69) is 15.6 Å². The summed E-state index contributed by atoms with van der Waals surface area (Å²) in [4.78, 5) is 29.7. The third kappa shape index (κ3) is 3.54. The van der Waals surface area contributed by atoms with Gasteiger partial charge in [-0.3, -0.25) is 14.6 Å². The van der Waals surface area contributed by atoms with E-state index >= 15 is 0 Å². The van der Waals surface area contributed by atoms with Gasteiger partial charge in [0.1, 0.15) is 0 Å². The summed E-state index contributed by atoms with van der Waals surface area (Å²) < 4.78 is 0. The number of anilines is 1. The predicted octanol–water partition coefficient (Wildman–Crippen LogP) is 4.17. The summed E-state index contributed by atoms with van der Waals surface area (Å²) in [6, 6.07) is 11.2. The smallest absolute Gasteiger partial charge is 0.253 e. The maximum Gasteiger partial charge on any atom is 0.253 e. The van der Waals surface area contributed by atoms with Crippen LogP contribution in [-0.4, -0.2) is 16.8 Å². The summed E-state index contributed by atoms with van der Waals surface area (Å²) in [5, 5.41) is 6.16. The number of benzene rings is 1. The third-order valence-corrected chi connectivity index (χ3v) is 7.15. The molecule has 0 aliphatic heterocycles. The number of carbonyl (C=O) groups is 2. The number of hydrogen-bond acceptors (Lipinski definition) is 3. The molecule has 0 unspecified atom stereocenters. The van der Waals surface area contributed by atoms with Crippen LogP contribution in [0.5, 0.6) is 0 Å². The average molecular weight is 389 g/mol. The highest BCUT2D eigenvalue weighted by Crippen LogP contribution is 2.60. The molecule has 5 heteroatoms. The van der Waals surface area contributed by atoms with Gasteiger partial charge >= 0.3 is 0 Å². The Bertz CT molecular complexity index is 889. The van der Waals surface area contributed by atoms with Gasteiger partial charge in [0.25, 0.3) is 5.91 Å². The molecule has 4 aliphatic rings. The fraction of sp³-hybridized carbons (Fsp3) is 0.458. The van der Waals surface area contributed by atoms with E-state index in [4.69, 9.17) is 0 Å². The second-order valence-corrected chi connectivity index (χ2v) is 9.23. The van der Waals surface area contributed by atoms with E-state index in [1.54, 1.807) is 24.5 Å². The molecule has 1 aromatic carbocycles. The molecule has 6 rings (SSSR count). The van der Waals surface area contributed by atoms with Gasteiger partial charge < -0.3 is 10.6 Å². The van der Waals surface area contributed by atoms with Gasteiger partial charge in [0, 0.05) is 24.6 Å². The van der Waals surface area contributed by atoms with Gasteiger partial charge in [-0.1, -0.05) is 18.2 Å². The zero-order valence-electron chi connectivity index (χ0n) is 16.6. The van der Waals surface area contributed by atoms with Crippen LogP contribution in [0.3, 0.4) is 0 Å². The molecule has 2 N–H and O–H groups in total. The number of nitrogens with zero attached hydrogens (tertiary/aromatic N) is 1. The lowest BCUT2D eigenvalue weighted by Crippen LogP contribution is -2.51. The van der Waals surface area contributed by atoms with Gasteiger partial charge in [-0.2, -0.15) is 0 Å². The molecule has 1 aromatic heterocycles. The van der Waals surface area contributed by atoms with E-state index in [0.29, 0.717) is 12.1 Å². The van der Waals surface area contributed by atoms with Gasteiger partial charge in [0.05, 0.1) is 11.0 Å². The molecule has 4 saturated carbocycles. The first-order valence-electron chi connectivity index (χ1n) is 10.7. The minimum absolute atomic E-state index is 0.166. The summed E-state index contributed by atoms with van der Waals surface area (Å²) in [6.07, 6.45) is 10.3. The lowest BCUT2D eigenvalue weighted by molar-refractivity contribution is -0.140. The first kappa shape index (κ1) is 18.3. The number of para-hydroxylation sites is 1. The fourth-order valence-corrected chi connectivity index (χ4v) is 6.21. The second kappa shape index (κ2) is 7.29. The van der Waals surface area contributed by atoms with Gasteiger partial charge in [-0.15, -0.1) is 0 Å². The van der Waals surface area contributed by atoms with Crippen molar-refractivity contribution in [1.82, 2.24) is 10.3 Å². The van der Waals surface area contributed by atoms with Crippen molar-refractivity contribution in [3.05, 3.63) is 59.9 Å². The number of rotatable bonds is 5. The summed E-state index contributed by atoms with van der Waals surface area (Å²) >= 11 is 0. The molecule has 150 valence electrons. The van der Waals surface area contributed by atoms with E-state index in [9.17, 15) is 9.59 Å². The van der Waals surface area contributed by atoms with Crippen LogP contribution in [0.4, 0.5) is 5.69 Å². The monoisotopic (exact) mass is 389 g/mol. The SMILES string of the molecule is O=C(NCc1ccccc1NC(=O)C12CC3CC(CC(C3)C1)C2)c1cccnc1. The standard InChI is InChI=1S/C24H27N3O2/c28-22(20-5-3-7-25-14-20)26-15-19-4-1-2-6-21(19)27-23(29)24-11-16-8-17(12-24)10-18(9-16)13-24/h1-7,14,16-18H,8-13,15H2,(H,26,28)(H,27,29). The number of nitrogens with one attached hydrogen (secondary N) is 2. The lowest BCUT2D eigenvalue weighted by atomic mass is 9.49. The van der Waals surface area contributed by atoms with Crippen molar-refractivity contribution in [3.63, 3.8) is 0 Å². The average Bonchev–Trinajstić information content (AvgIpc) is 2.72. The maximum absolute atomic E-state index is 13.4. The second-order valence-electron chi connectivity index (χ2n) is 9.23. The molecule has 0 atom stereocenters. The Morgan fingerprint density at radius 2 is 1.66 bits per heavy atom. The maximum atomic E-state index is 13.4. The number of pyridine rings is 1. The first-order chi connectivity index (χ1) is 14.1. The van der Waals surface area contributed by atoms with E-state index in [-0.39, 0.29) is 17.2 Å². The Morgan fingerprint density at radius 1 is 0.966 bits per heavy atom. The quantitative estimate of drug-likeness (QED) is 0.806. The molecular weight excluding hydrogens is 362 g/mol. The zero-order chi connectivity index (χ0) is 19.8. The molecule has 4 fully saturated rings. The normalized spacial score (nSPS) is 29.4. The van der Waals surface area contributed by atoms with Crippen molar-refractivity contribution < 1.29 is 9.59 Å². The van der Waals surface area contributed by atoms with Gasteiger partial charge in [0.15, 0.2) is 0 Å². The highest BCUT2D eigenvalue weighted by molar-refractivity contribution is 5.97. The van der Waals surface area contributed by atoms with Crippen molar-refractivity contribution in [2.24, 2.45) is 23.2 Å². The summed E-state index contributed by atoms with van der Waals surface area (Å²) in [5.74, 6) is 2.23. The molecule has 0 saturated heterocycles. The minimum atomic E-state index is -0.180. The molecule has 2 amide bonds. The zero-order valence-corrected chi connectivity index (χ0v) is 16.6. The van der Waals surface area contributed by atoms with E-state index in [1.807, 2.05) is 24.3 Å². The summed E-state index contributed by atoms with van der Waals surface area (Å²) in [7, 11) is 0. The van der Waals surface area contributed by atoms with Gasteiger partial charge in [-0.05, 0) is 80.0 Å². The largest absolute Gasteiger partial charge is 0.348 e. The van der Waals surface area contributed by atoms with Crippen LogP contribution in [0.2, 0.25) is 0 Å². The van der Waals surface area contributed by atoms with Crippen LogP contribution >= 0.6 is 0 Å². The van der Waals surface area contributed by atoms with Gasteiger partial charge in [-0.25, -0.2) is 0 Å². The molecule has 4 aliphatic carbocycles. The predicted molar refractivity (Wildman–Crippen MR) is 111 cm³/mol. The summed E-state index contributed by atoms with van der Waals surface area (Å²) in [5.41, 5.74) is 2.08. The van der Waals surface area contributed by atoms with Crippen LogP contribution in [0.25, 0.3) is 0 Å². The van der Waals surface area contributed by atoms with Crippen molar-refractivity contribution in [2.45, 2.75) is 45.1 Å². The Balaban J connectivity index is 1.29. The van der Waals surface area contributed by atoms with Gasteiger partial charge in [0.2, 0.25) is 5.91 Å². The Kier molecular flexibility index (Phi) is 4.61. The van der Waals surface area contributed by atoms with Crippen molar-refractivity contribution in [1.29, 1.82) is 0 Å². The molecule has 4 bridgehead atoms. The molecule has 0 radical (unpaired) electrons. The van der Waals surface area contributed by atoms with Crippen LogP contribution in [-0.2, 0) is 11.3 Å². The molecule has 5 nitrogen and oxygen atoms in total. The Labute approximate surface area is 171 Å². The van der Waals surface area contributed by atoms with Crippen molar-refractivity contribution in [2.75, 3.05) is 5.32 Å². The molecular formula is C24H27N3O2. The highest BCUT2D eigenvalue weighted by Gasteiger charge is 2.54. The van der Waals surface area contributed by atoms with Crippen molar-refractivity contribution in [3.8, 4) is 0 Å². The molecule has 0 spiro atoms. The first-order valence-corrected chi connectivity index (χ1v) is 10.7. The van der Waals surface area contributed by atoms with Crippen LogP contribution in [0.1, 0.15) is 54.4 Å². The van der Waals surface area contributed by atoms with E-state index in [0.717, 1.165) is 48.3 Å². The number of hydrogen-bond donors (Lipinski definition) is 2.